The molecule has 2 heterocycles. The molecular weight excluding hydrogens is 268 g/mol. The van der Waals surface area contributed by atoms with E-state index in [1.165, 1.54) is 0 Å². The molecule has 1 amide bonds. The largest absolute Gasteiger partial charge is 0.393 e. The molecule has 0 bridgehead atoms. The molecule has 0 atom stereocenters. The van der Waals surface area contributed by atoms with Crippen molar-refractivity contribution in [3.63, 3.8) is 0 Å². The maximum Gasteiger partial charge on any atom is 0.222 e. The van der Waals surface area contributed by atoms with Crippen molar-refractivity contribution < 1.29 is 9.90 Å². The van der Waals surface area contributed by atoms with Crippen molar-refractivity contribution in [3.05, 3.63) is 18.1 Å². The van der Waals surface area contributed by atoms with Crippen molar-refractivity contribution in [2.75, 3.05) is 25.0 Å². The van der Waals surface area contributed by atoms with Crippen molar-refractivity contribution in [2.45, 2.75) is 44.1 Å². The summed E-state index contributed by atoms with van der Waals surface area (Å²) in [6, 6.07) is 1.97. The summed E-state index contributed by atoms with van der Waals surface area (Å²) in [4.78, 5) is 21.9. The Labute approximate surface area is 124 Å². The molecule has 6 nitrogen and oxygen atoms in total. The van der Waals surface area contributed by atoms with E-state index < -0.39 is 0 Å². The fraction of sp³-hybridized carbons (Fsp3) is 0.667. The third-order valence-corrected chi connectivity index (χ3v) is 4.30. The lowest BCUT2D eigenvalue weighted by Gasteiger charge is -2.30. The zero-order chi connectivity index (χ0) is 14.7. The maximum atomic E-state index is 11.5. The molecule has 1 aliphatic carbocycles. The van der Waals surface area contributed by atoms with Crippen LogP contribution in [-0.2, 0) is 4.79 Å². The molecule has 1 aromatic rings. The maximum absolute atomic E-state index is 11.5. The van der Waals surface area contributed by atoms with Crippen LogP contribution in [0.1, 0.15) is 43.7 Å². The van der Waals surface area contributed by atoms with Crippen LogP contribution in [-0.4, -0.2) is 51.6 Å². The molecule has 2 aliphatic rings. The van der Waals surface area contributed by atoms with E-state index in [1.807, 2.05) is 11.0 Å². The number of anilines is 1. The first-order chi connectivity index (χ1) is 10.2. The van der Waals surface area contributed by atoms with Crippen LogP contribution >= 0.6 is 0 Å². The summed E-state index contributed by atoms with van der Waals surface area (Å²) in [6.07, 6.45) is 5.63. The van der Waals surface area contributed by atoms with Crippen molar-refractivity contribution in [1.82, 2.24) is 14.9 Å². The minimum atomic E-state index is -0.167. The number of aliphatic hydroxyl groups excluding tert-OH is 1. The van der Waals surface area contributed by atoms with E-state index in [4.69, 9.17) is 0 Å². The monoisotopic (exact) mass is 290 g/mol. The summed E-state index contributed by atoms with van der Waals surface area (Å²) in [5, 5.41) is 12.6. The molecule has 0 unspecified atom stereocenters. The van der Waals surface area contributed by atoms with Crippen LogP contribution in [0.2, 0.25) is 0 Å². The van der Waals surface area contributed by atoms with Crippen molar-refractivity contribution in [2.24, 2.45) is 0 Å². The van der Waals surface area contributed by atoms with Gasteiger partial charge in [-0.15, -0.1) is 0 Å². The van der Waals surface area contributed by atoms with Crippen molar-refractivity contribution in [3.8, 4) is 0 Å². The Morgan fingerprint density at radius 2 is 2.24 bits per heavy atom. The van der Waals surface area contributed by atoms with E-state index in [0.29, 0.717) is 12.3 Å². The molecular formula is C15H22N4O2. The first kappa shape index (κ1) is 14.3. The predicted molar refractivity (Wildman–Crippen MR) is 78.9 cm³/mol. The summed E-state index contributed by atoms with van der Waals surface area (Å²) in [5.41, 5.74) is 1.01. The first-order valence-electron chi connectivity index (χ1n) is 7.74. The molecule has 21 heavy (non-hydrogen) atoms. The van der Waals surface area contributed by atoms with Gasteiger partial charge in [0.05, 0.1) is 6.10 Å². The number of hydrogen-bond donors (Lipinski definition) is 2. The highest BCUT2D eigenvalue weighted by Crippen LogP contribution is 2.35. The molecule has 3 rings (SSSR count). The Bertz CT molecular complexity index is 502. The third kappa shape index (κ3) is 3.50. The van der Waals surface area contributed by atoms with E-state index in [1.54, 1.807) is 6.33 Å². The molecule has 2 N–H and O–H groups in total. The fourth-order valence-corrected chi connectivity index (χ4v) is 2.95. The lowest BCUT2D eigenvalue weighted by Crippen LogP contribution is -2.27. The summed E-state index contributed by atoms with van der Waals surface area (Å²) >= 11 is 0. The van der Waals surface area contributed by atoms with Gasteiger partial charge in [-0.05, 0) is 25.7 Å². The Kier molecular flexibility index (Phi) is 4.34. The zero-order valence-corrected chi connectivity index (χ0v) is 12.2. The van der Waals surface area contributed by atoms with Gasteiger partial charge in [0.1, 0.15) is 12.1 Å². The topological polar surface area (TPSA) is 78.4 Å². The van der Waals surface area contributed by atoms with Gasteiger partial charge in [0.25, 0.3) is 0 Å². The van der Waals surface area contributed by atoms with Gasteiger partial charge < -0.3 is 15.3 Å². The minimum Gasteiger partial charge on any atom is -0.393 e. The van der Waals surface area contributed by atoms with Gasteiger partial charge in [0.2, 0.25) is 5.91 Å². The lowest BCUT2D eigenvalue weighted by molar-refractivity contribution is -0.127. The number of amides is 1. The quantitative estimate of drug-likeness (QED) is 0.768. The Morgan fingerprint density at radius 1 is 1.38 bits per heavy atom. The number of rotatable bonds is 6. The third-order valence-electron chi connectivity index (χ3n) is 4.30. The van der Waals surface area contributed by atoms with Gasteiger partial charge in [-0.2, -0.15) is 0 Å². The lowest BCUT2D eigenvalue weighted by atomic mass is 9.80. The van der Waals surface area contributed by atoms with Crippen LogP contribution in [0.4, 0.5) is 5.82 Å². The van der Waals surface area contributed by atoms with E-state index >= 15 is 0 Å². The van der Waals surface area contributed by atoms with Gasteiger partial charge in [-0.3, -0.25) is 4.79 Å². The molecule has 0 aromatic carbocycles. The molecule has 1 saturated heterocycles. The van der Waals surface area contributed by atoms with Gasteiger partial charge in [0, 0.05) is 43.7 Å². The number of hydrogen-bond acceptors (Lipinski definition) is 5. The minimum absolute atomic E-state index is 0.167. The van der Waals surface area contributed by atoms with E-state index in [0.717, 1.165) is 56.8 Å². The molecule has 1 saturated carbocycles. The number of nitrogens with one attached hydrogen (secondary N) is 1. The highest BCUT2D eigenvalue weighted by molar-refractivity contribution is 5.77. The van der Waals surface area contributed by atoms with Gasteiger partial charge >= 0.3 is 0 Å². The number of aliphatic hydroxyl groups is 1. The molecule has 0 spiro atoms. The molecule has 1 aliphatic heterocycles. The van der Waals surface area contributed by atoms with Crippen LogP contribution in [0.15, 0.2) is 12.4 Å². The summed E-state index contributed by atoms with van der Waals surface area (Å²) in [5.74, 6) is 1.47. The standard InChI is InChI=1S/C15H22N4O2/c20-12-7-11(8-12)13-9-14(18-10-17-13)16-4-2-6-19-5-1-3-15(19)21/h9-12,20H,1-8H2,(H,16,17,18). The summed E-state index contributed by atoms with van der Waals surface area (Å²) in [6.45, 7) is 2.52. The SMILES string of the molecule is O=C1CCCN1CCCNc1cc(C2CC(O)C2)ncn1. The second kappa shape index (κ2) is 6.39. The second-order valence-corrected chi connectivity index (χ2v) is 5.91. The normalized spacial score (nSPS) is 25.0. The number of carbonyl (C=O) groups is 1. The highest BCUT2D eigenvalue weighted by Gasteiger charge is 2.29. The average Bonchev–Trinajstić information content (AvgIpc) is 2.86. The number of likely N-dealkylation sites (tertiary alicyclic amines) is 1. The number of aromatic nitrogens is 2. The van der Waals surface area contributed by atoms with Crippen molar-refractivity contribution in [1.29, 1.82) is 0 Å². The van der Waals surface area contributed by atoms with Gasteiger partial charge in [-0.1, -0.05) is 0 Å². The molecule has 1 aromatic heterocycles. The van der Waals surface area contributed by atoms with Gasteiger partial charge in [-0.25, -0.2) is 9.97 Å². The first-order valence-corrected chi connectivity index (χ1v) is 7.74. The highest BCUT2D eigenvalue weighted by atomic mass is 16.3. The van der Waals surface area contributed by atoms with Crippen molar-refractivity contribution >= 4 is 11.7 Å². The van der Waals surface area contributed by atoms with E-state index in [9.17, 15) is 9.90 Å². The Balaban J connectivity index is 1.42. The van der Waals surface area contributed by atoms with Crippen LogP contribution in [0, 0.1) is 0 Å². The Hall–Kier alpha value is -1.69. The molecule has 0 radical (unpaired) electrons. The molecule has 6 heteroatoms. The molecule has 114 valence electrons. The Morgan fingerprint density at radius 3 is 2.95 bits per heavy atom. The van der Waals surface area contributed by atoms with Crippen LogP contribution in [0.5, 0.6) is 0 Å². The zero-order valence-electron chi connectivity index (χ0n) is 12.2. The summed E-state index contributed by atoms with van der Waals surface area (Å²) < 4.78 is 0. The van der Waals surface area contributed by atoms with E-state index in [-0.39, 0.29) is 12.0 Å². The summed E-state index contributed by atoms with van der Waals surface area (Å²) in [7, 11) is 0. The van der Waals surface area contributed by atoms with Crippen LogP contribution in [0.25, 0.3) is 0 Å². The smallest absolute Gasteiger partial charge is 0.222 e. The second-order valence-electron chi connectivity index (χ2n) is 5.91. The molecule has 2 fully saturated rings. The number of carbonyl (C=O) groups excluding carboxylic acids is 1. The van der Waals surface area contributed by atoms with E-state index in [2.05, 4.69) is 15.3 Å². The predicted octanol–water partition coefficient (Wildman–Crippen LogP) is 1.14. The fourth-order valence-electron chi connectivity index (χ4n) is 2.95. The average molecular weight is 290 g/mol. The van der Waals surface area contributed by atoms with Crippen LogP contribution in [0.3, 0.4) is 0 Å². The van der Waals surface area contributed by atoms with Gasteiger partial charge in [0.15, 0.2) is 0 Å². The number of nitrogens with zero attached hydrogens (tertiary/aromatic N) is 3. The van der Waals surface area contributed by atoms with Crippen LogP contribution < -0.4 is 5.32 Å².